The third-order valence-corrected chi connectivity index (χ3v) is 4.28. The lowest BCUT2D eigenvalue weighted by Crippen LogP contribution is -2.27. The number of amides is 1. The van der Waals surface area contributed by atoms with E-state index in [1.54, 1.807) is 0 Å². The summed E-state index contributed by atoms with van der Waals surface area (Å²) in [5.41, 5.74) is 2.62. The Kier molecular flexibility index (Phi) is 4.22. The van der Waals surface area contributed by atoms with Crippen LogP contribution < -0.4 is 5.32 Å². The number of benzene rings is 1. The maximum Gasteiger partial charge on any atom is 0.223 e. The number of carbonyl (C=O) groups excluding carboxylic acids is 1. The number of H-pyrrole nitrogens is 1. The van der Waals surface area contributed by atoms with Crippen LogP contribution in [0.3, 0.4) is 0 Å². The van der Waals surface area contributed by atoms with E-state index in [4.69, 9.17) is 0 Å². The molecule has 1 aliphatic carbocycles. The first kappa shape index (κ1) is 14.8. The summed E-state index contributed by atoms with van der Waals surface area (Å²) in [5.74, 6) is 2.00. The van der Waals surface area contributed by atoms with E-state index in [2.05, 4.69) is 58.6 Å². The Morgan fingerprint density at radius 2 is 2.14 bits per heavy atom. The standard InChI is InChI=1S/C17H22N4O/c1-11(2)12-3-5-13(6-4-12)14-9-15(14)17(22)18-8-7-16-19-10-20-21-16/h3-6,10-11,14-15H,7-9H2,1-2H3,(H,18,22)(H,19,20,21)/t14-,15+/m1/s1. The molecule has 22 heavy (non-hydrogen) atoms. The molecule has 1 amide bonds. The molecule has 1 aliphatic rings. The van der Waals surface area contributed by atoms with Gasteiger partial charge in [-0.05, 0) is 29.4 Å². The van der Waals surface area contributed by atoms with Crippen molar-refractivity contribution >= 4 is 5.91 Å². The van der Waals surface area contributed by atoms with E-state index in [0.29, 0.717) is 24.8 Å². The number of aromatic nitrogens is 3. The SMILES string of the molecule is CC(C)c1ccc([C@H]2C[C@@H]2C(=O)NCCc2ncn[nH]2)cc1. The number of hydrogen-bond acceptors (Lipinski definition) is 3. The zero-order valence-corrected chi connectivity index (χ0v) is 13.0. The van der Waals surface area contributed by atoms with Crippen molar-refractivity contribution in [1.82, 2.24) is 20.5 Å². The van der Waals surface area contributed by atoms with Gasteiger partial charge in [0.05, 0.1) is 0 Å². The fraction of sp³-hybridized carbons (Fsp3) is 0.471. The largest absolute Gasteiger partial charge is 0.355 e. The van der Waals surface area contributed by atoms with Gasteiger partial charge < -0.3 is 5.32 Å². The molecule has 2 aromatic rings. The van der Waals surface area contributed by atoms with Gasteiger partial charge in [-0.1, -0.05) is 38.1 Å². The van der Waals surface area contributed by atoms with Gasteiger partial charge in [-0.25, -0.2) is 4.98 Å². The molecular weight excluding hydrogens is 276 g/mol. The molecule has 0 saturated heterocycles. The molecule has 0 bridgehead atoms. The van der Waals surface area contributed by atoms with Crippen molar-refractivity contribution in [3.05, 3.63) is 47.5 Å². The summed E-state index contributed by atoms with van der Waals surface area (Å²) in [4.78, 5) is 16.2. The molecule has 5 heteroatoms. The van der Waals surface area contributed by atoms with Gasteiger partial charge in [0.2, 0.25) is 5.91 Å². The number of rotatable bonds is 6. The van der Waals surface area contributed by atoms with Gasteiger partial charge >= 0.3 is 0 Å². The number of aromatic amines is 1. The average molecular weight is 298 g/mol. The van der Waals surface area contributed by atoms with E-state index < -0.39 is 0 Å². The summed E-state index contributed by atoms with van der Waals surface area (Å²) < 4.78 is 0. The Balaban J connectivity index is 1.47. The van der Waals surface area contributed by atoms with Crippen molar-refractivity contribution in [2.75, 3.05) is 6.54 Å². The molecule has 0 spiro atoms. The summed E-state index contributed by atoms with van der Waals surface area (Å²) in [6.07, 6.45) is 3.12. The second-order valence-corrected chi connectivity index (χ2v) is 6.24. The second kappa shape index (κ2) is 6.30. The molecule has 1 saturated carbocycles. The molecule has 1 heterocycles. The lowest BCUT2D eigenvalue weighted by molar-refractivity contribution is -0.122. The first-order valence-corrected chi connectivity index (χ1v) is 7.87. The minimum atomic E-state index is 0.125. The smallest absolute Gasteiger partial charge is 0.223 e. The molecule has 2 N–H and O–H groups in total. The molecule has 0 aliphatic heterocycles. The van der Waals surface area contributed by atoms with Gasteiger partial charge in [0.25, 0.3) is 0 Å². The lowest BCUT2D eigenvalue weighted by atomic mass is 10.00. The fourth-order valence-corrected chi connectivity index (χ4v) is 2.77. The summed E-state index contributed by atoms with van der Waals surface area (Å²) in [5, 5.41) is 9.57. The number of hydrogen-bond donors (Lipinski definition) is 2. The number of carbonyl (C=O) groups is 1. The van der Waals surface area contributed by atoms with Crippen LogP contribution in [0.1, 0.15) is 49.1 Å². The first-order chi connectivity index (χ1) is 10.6. The topological polar surface area (TPSA) is 70.7 Å². The van der Waals surface area contributed by atoms with Gasteiger partial charge in [-0.15, -0.1) is 0 Å². The van der Waals surface area contributed by atoms with Crippen LogP contribution >= 0.6 is 0 Å². The van der Waals surface area contributed by atoms with Gasteiger partial charge in [0.1, 0.15) is 12.2 Å². The molecule has 116 valence electrons. The Hall–Kier alpha value is -2.17. The van der Waals surface area contributed by atoms with E-state index >= 15 is 0 Å². The van der Waals surface area contributed by atoms with Crippen molar-refractivity contribution in [3.8, 4) is 0 Å². The predicted octanol–water partition coefficient (Wildman–Crippen LogP) is 2.39. The quantitative estimate of drug-likeness (QED) is 0.860. The average Bonchev–Trinajstić information content (AvgIpc) is 3.16. The normalized spacial score (nSPS) is 20.1. The van der Waals surface area contributed by atoms with Crippen LogP contribution in [-0.4, -0.2) is 27.6 Å². The predicted molar refractivity (Wildman–Crippen MR) is 84.5 cm³/mol. The lowest BCUT2D eigenvalue weighted by Gasteiger charge is -2.07. The molecule has 5 nitrogen and oxygen atoms in total. The van der Waals surface area contributed by atoms with Crippen LogP contribution in [-0.2, 0) is 11.2 Å². The van der Waals surface area contributed by atoms with Gasteiger partial charge in [-0.3, -0.25) is 9.89 Å². The number of nitrogens with zero attached hydrogens (tertiary/aromatic N) is 2. The van der Waals surface area contributed by atoms with E-state index in [1.165, 1.54) is 17.5 Å². The molecular formula is C17H22N4O. The minimum Gasteiger partial charge on any atom is -0.355 e. The van der Waals surface area contributed by atoms with Gasteiger partial charge in [0.15, 0.2) is 0 Å². The van der Waals surface area contributed by atoms with Crippen molar-refractivity contribution in [2.24, 2.45) is 5.92 Å². The zero-order chi connectivity index (χ0) is 15.5. The number of nitrogens with one attached hydrogen (secondary N) is 2. The van der Waals surface area contributed by atoms with Crippen LogP contribution in [0.5, 0.6) is 0 Å². The van der Waals surface area contributed by atoms with E-state index in [-0.39, 0.29) is 11.8 Å². The maximum atomic E-state index is 12.1. The van der Waals surface area contributed by atoms with Crippen LogP contribution in [0, 0.1) is 5.92 Å². The maximum absolute atomic E-state index is 12.1. The van der Waals surface area contributed by atoms with Crippen LogP contribution in [0.4, 0.5) is 0 Å². The van der Waals surface area contributed by atoms with Crippen molar-refractivity contribution < 1.29 is 4.79 Å². The molecule has 3 rings (SSSR count). The molecule has 2 atom stereocenters. The summed E-state index contributed by atoms with van der Waals surface area (Å²) >= 11 is 0. The monoisotopic (exact) mass is 298 g/mol. The molecule has 1 aromatic heterocycles. The van der Waals surface area contributed by atoms with Gasteiger partial charge in [0, 0.05) is 18.9 Å². The second-order valence-electron chi connectivity index (χ2n) is 6.24. The first-order valence-electron chi connectivity index (χ1n) is 7.87. The molecule has 0 unspecified atom stereocenters. The van der Waals surface area contributed by atoms with Crippen LogP contribution in [0.25, 0.3) is 0 Å². The summed E-state index contributed by atoms with van der Waals surface area (Å²) in [7, 11) is 0. The van der Waals surface area contributed by atoms with Crippen molar-refractivity contribution in [2.45, 2.75) is 38.5 Å². The van der Waals surface area contributed by atoms with Gasteiger partial charge in [-0.2, -0.15) is 5.10 Å². The summed E-state index contributed by atoms with van der Waals surface area (Å²) in [6, 6.07) is 8.69. The highest BCUT2D eigenvalue weighted by Gasteiger charge is 2.43. The van der Waals surface area contributed by atoms with Crippen LogP contribution in [0.15, 0.2) is 30.6 Å². The molecule has 1 aromatic carbocycles. The Morgan fingerprint density at radius 3 is 2.77 bits per heavy atom. The highest BCUT2D eigenvalue weighted by atomic mass is 16.2. The van der Waals surface area contributed by atoms with E-state index in [0.717, 1.165) is 12.2 Å². The Bertz CT molecular complexity index is 619. The minimum absolute atomic E-state index is 0.125. The molecule has 0 radical (unpaired) electrons. The van der Waals surface area contributed by atoms with E-state index in [1.807, 2.05) is 0 Å². The third-order valence-electron chi connectivity index (χ3n) is 4.28. The van der Waals surface area contributed by atoms with E-state index in [9.17, 15) is 4.79 Å². The fourth-order valence-electron chi connectivity index (χ4n) is 2.77. The van der Waals surface area contributed by atoms with Crippen molar-refractivity contribution in [1.29, 1.82) is 0 Å². The van der Waals surface area contributed by atoms with Crippen LogP contribution in [0.2, 0.25) is 0 Å². The zero-order valence-electron chi connectivity index (χ0n) is 13.0. The van der Waals surface area contributed by atoms with Crippen molar-refractivity contribution in [3.63, 3.8) is 0 Å². The Morgan fingerprint density at radius 1 is 1.36 bits per heavy atom. The third kappa shape index (κ3) is 3.35. The highest BCUT2D eigenvalue weighted by Crippen LogP contribution is 2.47. The molecule has 1 fully saturated rings. The highest BCUT2D eigenvalue weighted by molar-refractivity contribution is 5.82. The Labute approximate surface area is 130 Å². The summed E-state index contributed by atoms with van der Waals surface area (Å²) in [6.45, 7) is 4.98.